The molecule has 0 spiro atoms. The van der Waals surface area contributed by atoms with Crippen molar-refractivity contribution in [1.29, 1.82) is 0 Å². The maximum Gasteiger partial charge on any atom is 0.305 e. The zero-order valence-electron chi connectivity index (χ0n) is 11.1. The fourth-order valence-electron chi connectivity index (χ4n) is 2.45. The van der Waals surface area contributed by atoms with Crippen molar-refractivity contribution in [3.8, 4) is 5.75 Å². The van der Waals surface area contributed by atoms with E-state index in [1.807, 2.05) is 7.05 Å². The normalized spacial score (nSPS) is 24.6. The second kappa shape index (κ2) is 4.77. The predicted molar refractivity (Wildman–Crippen MR) is 68.7 cm³/mol. The van der Waals surface area contributed by atoms with Gasteiger partial charge in [0.25, 0.3) is 0 Å². The first-order chi connectivity index (χ1) is 8.86. The molecular weight excluding hydrogens is 251 g/mol. The van der Waals surface area contributed by atoms with Crippen LogP contribution >= 0.6 is 0 Å². The van der Waals surface area contributed by atoms with Gasteiger partial charge in [-0.3, -0.25) is 10.1 Å². The molecule has 1 aliphatic rings. The molecule has 1 aromatic rings. The molecule has 104 valence electrons. The van der Waals surface area contributed by atoms with Crippen LogP contribution in [0.3, 0.4) is 0 Å². The molecule has 6 heteroatoms. The Hall–Kier alpha value is -1.69. The van der Waals surface area contributed by atoms with Crippen LogP contribution in [0.5, 0.6) is 5.75 Å². The van der Waals surface area contributed by atoms with Crippen molar-refractivity contribution in [2.24, 2.45) is 5.41 Å². The van der Waals surface area contributed by atoms with Crippen LogP contribution in [0.25, 0.3) is 0 Å². The zero-order chi connectivity index (χ0) is 14.2. The lowest BCUT2D eigenvalue weighted by Crippen LogP contribution is -2.61. The molecule has 5 nitrogen and oxygen atoms in total. The van der Waals surface area contributed by atoms with E-state index in [0.717, 1.165) is 18.6 Å². The molecule has 0 heterocycles. The molecule has 1 aromatic carbocycles. The lowest BCUT2D eigenvalue weighted by Gasteiger charge is -2.51. The molecule has 1 N–H and O–H groups in total. The van der Waals surface area contributed by atoms with Crippen LogP contribution in [0.4, 0.5) is 10.1 Å². The number of rotatable bonds is 4. The summed E-state index contributed by atoms with van der Waals surface area (Å²) in [5, 5.41) is 13.7. The van der Waals surface area contributed by atoms with E-state index in [-0.39, 0.29) is 11.5 Å². The van der Waals surface area contributed by atoms with Gasteiger partial charge in [0.05, 0.1) is 4.92 Å². The van der Waals surface area contributed by atoms with E-state index in [0.29, 0.717) is 11.8 Å². The lowest BCUT2D eigenvalue weighted by atomic mass is 9.64. The van der Waals surface area contributed by atoms with Gasteiger partial charge in [-0.05, 0) is 13.1 Å². The number of nitrogens with zero attached hydrogens (tertiary/aromatic N) is 1. The zero-order valence-corrected chi connectivity index (χ0v) is 11.1. The molecule has 1 saturated carbocycles. The third kappa shape index (κ3) is 2.40. The van der Waals surface area contributed by atoms with E-state index in [2.05, 4.69) is 19.2 Å². The molecule has 2 rings (SSSR count). The minimum absolute atomic E-state index is 0.0224. The lowest BCUT2D eigenvalue weighted by molar-refractivity contribution is -0.387. The molecule has 0 amide bonds. The van der Waals surface area contributed by atoms with Gasteiger partial charge in [0, 0.05) is 30.0 Å². The number of halogens is 1. The van der Waals surface area contributed by atoms with Crippen LogP contribution < -0.4 is 10.1 Å². The van der Waals surface area contributed by atoms with Crippen LogP contribution in [-0.2, 0) is 0 Å². The molecule has 1 fully saturated rings. The molecule has 0 saturated heterocycles. The van der Waals surface area contributed by atoms with Gasteiger partial charge in [0.1, 0.15) is 11.9 Å². The average molecular weight is 268 g/mol. The van der Waals surface area contributed by atoms with E-state index >= 15 is 0 Å². The summed E-state index contributed by atoms with van der Waals surface area (Å²) in [4.78, 5) is 9.78. The van der Waals surface area contributed by atoms with Crippen molar-refractivity contribution in [1.82, 2.24) is 5.32 Å². The van der Waals surface area contributed by atoms with Crippen LogP contribution in [-0.4, -0.2) is 24.1 Å². The first kappa shape index (κ1) is 13.7. The summed E-state index contributed by atoms with van der Waals surface area (Å²) in [7, 11) is 1.90. The van der Waals surface area contributed by atoms with Crippen LogP contribution in [0.2, 0.25) is 0 Å². The Bertz CT molecular complexity index is 505. The van der Waals surface area contributed by atoms with Crippen molar-refractivity contribution in [2.75, 3.05) is 7.05 Å². The predicted octanol–water partition coefficient (Wildman–Crippen LogP) is 2.50. The molecular formula is C13H17FN2O3. The highest BCUT2D eigenvalue weighted by Crippen LogP contribution is 2.43. The van der Waals surface area contributed by atoms with Gasteiger partial charge in [0.2, 0.25) is 5.82 Å². The minimum Gasteiger partial charge on any atom is -0.490 e. The third-order valence-corrected chi connectivity index (χ3v) is 3.92. The molecule has 2 atom stereocenters. The topological polar surface area (TPSA) is 64.4 Å². The highest BCUT2D eigenvalue weighted by atomic mass is 19.1. The molecule has 0 radical (unpaired) electrons. The molecule has 1 aliphatic carbocycles. The maximum atomic E-state index is 13.5. The highest BCUT2D eigenvalue weighted by Gasteiger charge is 2.49. The quantitative estimate of drug-likeness (QED) is 0.673. The Morgan fingerprint density at radius 2 is 2.21 bits per heavy atom. The van der Waals surface area contributed by atoms with Crippen LogP contribution in [0.1, 0.15) is 20.3 Å². The van der Waals surface area contributed by atoms with Gasteiger partial charge in [-0.25, -0.2) is 0 Å². The van der Waals surface area contributed by atoms with E-state index in [9.17, 15) is 14.5 Å². The van der Waals surface area contributed by atoms with E-state index in [1.165, 1.54) is 6.07 Å². The largest absolute Gasteiger partial charge is 0.490 e. The number of nitro benzene ring substituents is 1. The van der Waals surface area contributed by atoms with Crippen molar-refractivity contribution >= 4 is 5.69 Å². The number of hydrogen-bond acceptors (Lipinski definition) is 4. The van der Waals surface area contributed by atoms with Gasteiger partial charge in [-0.2, -0.15) is 4.39 Å². The molecule has 0 bridgehead atoms. The van der Waals surface area contributed by atoms with Crippen LogP contribution in [0.15, 0.2) is 18.2 Å². The van der Waals surface area contributed by atoms with Crippen LogP contribution in [0, 0.1) is 21.3 Å². The number of nitrogens with one attached hydrogen (secondary N) is 1. The third-order valence-electron chi connectivity index (χ3n) is 3.92. The van der Waals surface area contributed by atoms with Gasteiger partial charge in [-0.15, -0.1) is 0 Å². The fraction of sp³-hybridized carbons (Fsp3) is 0.538. The molecule has 0 aliphatic heterocycles. The summed E-state index contributed by atoms with van der Waals surface area (Å²) in [6.07, 6.45) is 0.813. The van der Waals surface area contributed by atoms with Crippen molar-refractivity contribution in [3.05, 3.63) is 34.1 Å². The summed E-state index contributed by atoms with van der Waals surface area (Å²) >= 11 is 0. The number of ether oxygens (including phenoxy) is 1. The molecule has 19 heavy (non-hydrogen) atoms. The average Bonchev–Trinajstić information content (AvgIpc) is 2.33. The van der Waals surface area contributed by atoms with E-state index in [4.69, 9.17) is 4.74 Å². The number of benzene rings is 1. The Labute approximate surface area is 110 Å². The fourth-order valence-corrected chi connectivity index (χ4v) is 2.45. The van der Waals surface area contributed by atoms with E-state index < -0.39 is 16.4 Å². The first-order valence-electron chi connectivity index (χ1n) is 6.14. The number of nitro groups is 1. The number of hydrogen-bond donors (Lipinski definition) is 1. The smallest absolute Gasteiger partial charge is 0.305 e. The Balaban J connectivity index is 2.09. The van der Waals surface area contributed by atoms with Gasteiger partial charge in [-0.1, -0.05) is 13.8 Å². The monoisotopic (exact) mass is 268 g/mol. The Kier molecular flexibility index (Phi) is 3.45. The summed E-state index contributed by atoms with van der Waals surface area (Å²) in [5.41, 5.74) is -0.583. The summed E-state index contributed by atoms with van der Waals surface area (Å²) in [6.45, 7) is 4.15. The maximum absolute atomic E-state index is 13.5. The standard InChI is InChI=1S/C13H17FN2O3/c1-13(2)11(15-3)7-12(13)19-8-4-5-10(16(17)18)9(14)6-8/h4-6,11-12,15H,7H2,1-3H3. The van der Waals surface area contributed by atoms with Crippen molar-refractivity contribution < 1.29 is 14.1 Å². The first-order valence-corrected chi connectivity index (χ1v) is 6.14. The molecule has 0 aromatic heterocycles. The van der Waals surface area contributed by atoms with Gasteiger partial charge in [0.15, 0.2) is 0 Å². The van der Waals surface area contributed by atoms with Gasteiger partial charge >= 0.3 is 5.69 Å². The highest BCUT2D eigenvalue weighted by molar-refractivity contribution is 5.38. The Morgan fingerprint density at radius 1 is 1.53 bits per heavy atom. The van der Waals surface area contributed by atoms with Crippen molar-refractivity contribution in [2.45, 2.75) is 32.4 Å². The summed E-state index contributed by atoms with van der Waals surface area (Å²) in [6, 6.07) is 4.00. The minimum atomic E-state index is -0.871. The summed E-state index contributed by atoms with van der Waals surface area (Å²) in [5.74, 6) is -0.541. The van der Waals surface area contributed by atoms with E-state index in [1.54, 1.807) is 0 Å². The second-order valence-electron chi connectivity index (χ2n) is 5.38. The second-order valence-corrected chi connectivity index (χ2v) is 5.38. The summed E-state index contributed by atoms with van der Waals surface area (Å²) < 4.78 is 19.2. The van der Waals surface area contributed by atoms with Crippen molar-refractivity contribution in [3.63, 3.8) is 0 Å². The molecule has 2 unspecified atom stereocenters. The SMILES string of the molecule is CNC1CC(Oc2ccc([N+](=O)[O-])c(F)c2)C1(C)C. The Morgan fingerprint density at radius 3 is 2.68 bits per heavy atom. The van der Waals surface area contributed by atoms with Gasteiger partial charge < -0.3 is 10.1 Å².